The molecule has 0 saturated carbocycles. The molecular weight excluding hydrogens is 188 g/mol. The average molecular weight is 202 g/mol. The van der Waals surface area contributed by atoms with Crippen LogP contribution in [0, 0.1) is 0 Å². The molecule has 0 saturated heterocycles. The van der Waals surface area contributed by atoms with Gasteiger partial charge in [0.1, 0.15) is 5.82 Å². The second kappa shape index (κ2) is 4.13. The minimum Gasteiger partial charge on any atom is -0.366 e. The monoisotopic (exact) mass is 202 g/mol. The first kappa shape index (κ1) is 9.71. The van der Waals surface area contributed by atoms with Gasteiger partial charge >= 0.3 is 0 Å². The van der Waals surface area contributed by atoms with Crippen LogP contribution in [0.15, 0.2) is 36.2 Å². The zero-order valence-electron chi connectivity index (χ0n) is 8.94. The maximum Gasteiger partial charge on any atom is 0.157 e. The molecule has 2 rings (SSSR count). The number of hydrogen-bond acceptors (Lipinski definition) is 3. The van der Waals surface area contributed by atoms with E-state index in [9.17, 15) is 0 Å². The van der Waals surface area contributed by atoms with Crippen molar-refractivity contribution < 1.29 is 0 Å². The van der Waals surface area contributed by atoms with E-state index in [1.54, 1.807) is 10.7 Å². The number of nitrogens with zero attached hydrogens (tertiary/aromatic N) is 3. The molecule has 0 fully saturated rings. The van der Waals surface area contributed by atoms with Crippen LogP contribution in [0.4, 0.5) is 5.82 Å². The van der Waals surface area contributed by atoms with Crippen LogP contribution < -0.4 is 5.32 Å². The minimum atomic E-state index is 0.805. The van der Waals surface area contributed by atoms with E-state index >= 15 is 0 Å². The SMILES string of the molecule is CC(C)=CCNc1ccn2nccc2n1. The number of nitrogens with one attached hydrogen (secondary N) is 1. The van der Waals surface area contributed by atoms with Gasteiger partial charge in [0.25, 0.3) is 0 Å². The van der Waals surface area contributed by atoms with Gasteiger partial charge in [-0.25, -0.2) is 9.50 Å². The Hall–Kier alpha value is -1.84. The van der Waals surface area contributed by atoms with Crippen molar-refractivity contribution in [3.8, 4) is 0 Å². The maximum absolute atomic E-state index is 4.39. The molecule has 4 heteroatoms. The van der Waals surface area contributed by atoms with Gasteiger partial charge in [-0.3, -0.25) is 0 Å². The number of fused-ring (bicyclic) bond motifs is 1. The highest BCUT2D eigenvalue weighted by atomic mass is 15.2. The lowest BCUT2D eigenvalue weighted by molar-refractivity contribution is 0.939. The van der Waals surface area contributed by atoms with E-state index < -0.39 is 0 Å². The van der Waals surface area contributed by atoms with Gasteiger partial charge in [0.2, 0.25) is 0 Å². The van der Waals surface area contributed by atoms with E-state index in [2.05, 4.69) is 35.3 Å². The summed E-state index contributed by atoms with van der Waals surface area (Å²) < 4.78 is 1.74. The molecule has 78 valence electrons. The quantitative estimate of drug-likeness (QED) is 0.775. The zero-order chi connectivity index (χ0) is 10.7. The third-order valence-electron chi connectivity index (χ3n) is 2.05. The van der Waals surface area contributed by atoms with Gasteiger partial charge in [0.15, 0.2) is 5.65 Å². The number of aromatic nitrogens is 3. The summed E-state index contributed by atoms with van der Waals surface area (Å²) >= 11 is 0. The lowest BCUT2D eigenvalue weighted by Gasteiger charge is -2.02. The molecule has 4 nitrogen and oxygen atoms in total. The van der Waals surface area contributed by atoms with E-state index in [1.165, 1.54) is 5.57 Å². The Morgan fingerprint density at radius 1 is 1.47 bits per heavy atom. The number of anilines is 1. The van der Waals surface area contributed by atoms with Crippen molar-refractivity contribution in [1.82, 2.24) is 14.6 Å². The molecule has 1 N–H and O–H groups in total. The summed E-state index contributed by atoms with van der Waals surface area (Å²) in [5, 5.41) is 7.31. The lowest BCUT2D eigenvalue weighted by Crippen LogP contribution is -2.02. The van der Waals surface area contributed by atoms with Gasteiger partial charge in [-0.1, -0.05) is 11.6 Å². The number of allylic oxidation sites excluding steroid dienone is 1. The molecule has 15 heavy (non-hydrogen) atoms. The first-order chi connectivity index (χ1) is 7.25. The van der Waals surface area contributed by atoms with E-state index in [4.69, 9.17) is 0 Å². The molecule has 0 spiro atoms. The molecule has 0 atom stereocenters. The molecule has 0 aliphatic rings. The van der Waals surface area contributed by atoms with Crippen LogP contribution >= 0.6 is 0 Å². The van der Waals surface area contributed by atoms with Gasteiger partial charge in [0, 0.05) is 18.8 Å². The first-order valence-electron chi connectivity index (χ1n) is 4.93. The number of hydrogen-bond donors (Lipinski definition) is 1. The summed E-state index contributed by atoms with van der Waals surface area (Å²) in [5.74, 6) is 0.875. The van der Waals surface area contributed by atoms with Crippen molar-refractivity contribution in [3.05, 3.63) is 36.2 Å². The molecule has 0 bridgehead atoms. The fourth-order valence-electron chi connectivity index (χ4n) is 1.27. The van der Waals surface area contributed by atoms with E-state index in [1.807, 2.05) is 18.3 Å². The van der Waals surface area contributed by atoms with Crippen molar-refractivity contribution in [2.75, 3.05) is 11.9 Å². The summed E-state index contributed by atoms with van der Waals surface area (Å²) in [7, 11) is 0. The fourth-order valence-corrected chi connectivity index (χ4v) is 1.27. The molecule has 0 aliphatic heterocycles. The molecule has 0 aromatic carbocycles. The van der Waals surface area contributed by atoms with E-state index in [0.717, 1.165) is 18.0 Å². The van der Waals surface area contributed by atoms with Gasteiger partial charge in [0.05, 0.1) is 6.20 Å². The Bertz CT molecular complexity index is 480. The summed E-state index contributed by atoms with van der Waals surface area (Å²) in [4.78, 5) is 4.39. The predicted octanol–water partition coefficient (Wildman–Crippen LogP) is 2.11. The molecular formula is C11H14N4. The highest BCUT2D eigenvalue weighted by Crippen LogP contribution is 2.05. The highest BCUT2D eigenvalue weighted by Gasteiger charge is 1.96. The van der Waals surface area contributed by atoms with Crippen molar-refractivity contribution in [2.45, 2.75) is 13.8 Å². The smallest absolute Gasteiger partial charge is 0.157 e. The zero-order valence-corrected chi connectivity index (χ0v) is 8.94. The topological polar surface area (TPSA) is 42.2 Å². The summed E-state index contributed by atoms with van der Waals surface area (Å²) in [6.07, 6.45) is 5.76. The van der Waals surface area contributed by atoms with Gasteiger partial charge in [-0.15, -0.1) is 0 Å². The first-order valence-corrected chi connectivity index (χ1v) is 4.93. The Labute approximate surface area is 88.6 Å². The van der Waals surface area contributed by atoms with Crippen LogP contribution in [0.5, 0.6) is 0 Å². The molecule has 0 aliphatic carbocycles. The van der Waals surface area contributed by atoms with E-state index in [0.29, 0.717) is 0 Å². The lowest BCUT2D eigenvalue weighted by atomic mass is 10.3. The highest BCUT2D eigenvalue weighted by molar-refractivity contribution is 5.45. The normalized spacial score (nSPS) is 10.3. The standard InChI is InChI=1S/C11H14N4/c1-9(2)3-6-12-10-5-8-15-11(14-10)4-7-13-15/h3-5,7-8H,6H2,1-2H3,(H,12,14). The summed E-state index contributed by atoms with van der Waals surface area (Å²) in [5.41, 5.74) is 2.16. The third kappa shape index (κ3) is 2.34. The van der Waals surface area contributed by atoms with Crippen molar-refractivity contribution in [1.29, 1.82) is 0 Å². The van der Waals surface area contributed by atoms with Crippen LogP contribution in [0.2, 0.25) is 0 Å². The largest absolute Gasteiger partial charge is 0.366 e. The van der Waals surface area contributed by atoms with Crippen LogP contribution in [0.25, 0.3) is 5.65 Å². The second-order valence-electron chi connectivity index (χ2n) is 3.61. The van der Waals surface area contributed by atoms with E-state index in [-0.39, 0.29) is 0 Å². The van der Waals surface area contributed by atoms with Gasteiger partial charge < -0.3 is 5.32 Å². The Balaban J connectivity index is 2.11. The molecule has 2 heterocycles. The third-order valence-corrected chi connectivity index (χ3v) is 2.05. The Morgan fingerprint density at radius 2 is 2.33 bits per heavy atom. The van der Waals surface area contributed by atoms with Gasteiger partial charge in [-0.2, -0.15) is 5.10 Å². The molecule has 0 radical (unpaired) electrons. The molecule has 2 aromatic heterocycles. The minimum absolute atomic E-state index is 0.805. The predicted molar refractivity (Wildman–Crippen MR) is 60.9 cm³/mol. The Kier molecular flexibility index (Phi) is 2.67. The van der Waals surface area contributed by atoms with Crippen LogP contribution in [-0.2, 0) is 0 Å². The Morgan fingerprint density at radius 3 is 3.13 bits per heavy atom. The van der Waals surface area contributed by atoms with Crippen molar-refractivity contribution in [3.63, 3.8) is 0 Å². The van der Waals surface area contributed by atoms with Crippen LogP contribution in [-0.4, -0.2) is 21.1 Å². The maximum atomic E-state index is 4.39. The second-order valence-corrected chi connectivity index (χ2v) is 3.61. The van der Waals surface area contributed by atoms with Crippen LogP contribution in [0.1, 0.15) is 13.8 Å². The molecule has 0 amide bonds. The van der Waals surface area contributed by atoms with Crippen LogP contribution in [0.3, 0.4) is 0 Å². The molecule has 0 unspecified atom stereocenters. The fraction of sp³-hybridized carbons (Fsp3) is 0.273. The average Bonchev–Trinajstić information content (AvgIpc) is 2.64. The molecule has 2 aromatic rings. The number of rotatable bonds is 3. The summed E-state index contributed by atoms with van der Waals surface area (Å²) in [6, 6.07) is 3.80. The van der Waals surface area contributed by atoms with Gasteiger partial charge in [-0.05, 0) is 19.9 Å². The summed E-state index contributed by atoms with van der Waals surface area (Å²) in [6.45, 7) is 4.96. The van der Waals surface area contributed by atoms with Crippen molar-refractivity contribution in [2.24, 2.45) is 0 Å². The van der Waals surface area contributed by atoms with Crippen molar-refractivity contribution >= 4 is 11.5 Å².